The average molecular weight is 364 g/mol. The summed E-state index contributed by atoms with van der Waals surface area (Å²) in [7, 11) is 2.11. The lowest BCUT2D eigenvalue weighted by Crippen LogP contribution is -2.62. The van der Waals surface area contributed by atoms with Crippen molar-refractivity contribution in [2.45, 2.75) is 64.6 Å². The molecule has 1 saturated heterocycles. The number of piperidine rings is 1. The Bertz CT molecular complexity index is 845. The second-order valence-electron chi connectivity index (χ2n) is 8.98. The van der Waals surface area contributed by atoms with Crippen molar-refractivity contribution < 1.29 is 0 Å². The standard InChI is InChI=1S/C22H29N5/c1-15-11-16(14-23)7-8-18(15)19-9-10-20(25-24-19)27(6)17-12-21(2,3)26-22(4,5)13-17/h7-11,17,26H,12-13H2,1-6H3. The van der Waals surface area contributed by atoms with Gasteiger partial charge < -0.3 is 10.2 Å². The summed E-state index contributed by atoms with van der Waals surface area (Å²) in [6, 6.07) is 12.3. The van der Waals surface area contributed by atoms with Crippen LogP contribution in [0.1, 0.15) is 51.7 Å². The van der Waals surface area contributed by atoms with Gasteiger partial charge in [-0.05, 0) is 77.3 Å². The molecule has 0 aliphatic carbocycles. The van der Waals surface area contributed by atoms with E-state index >= 15 is 0 Å². The number of anilines is 1. The van der Waals surface area contributed by atoms with E-state index in [0.717, 1.165) is 35.5 Å². The Hall–Kier alpha value is -2.45. The van der Waals surface area contributed by atoms with Gasteiger partial charge in [0, 0.05) is 29.7 Å². The molecule has 5 heteroatoms. The third-order valence-electron chi connectivity index (χ3n) is 5.36. The molecule has 1 aromatic heterocycles. The van der Waals surface area contributed by atoms with Crippen LogP contribution in [0.15, 0.2) is 30.3 Å². The number of nitriles is 1. The molecule has 1 aliphatic rings. The predicted molar refractivity (Wildman–Crippen MR) is 110 cm³/mol. The van der Waals surface area contributed by atoms with Gasteiger partial charge >= 0.3 is 0 Å². The molecule has 1 aromatic carbocycles. The largest absolute Gasteiger partial charge is 0.355 e. The van der Waals surface area contributed by atoms with Crippen LogP contribution in [0.5, 0.6) is 0 Å². The van der Waals surface area contributed by atoms with Crippen LogP contribution in [0.25, 0.3) is 11.3 Å². The Labute approximate surface area is 162 Å². The van der Waals surface area contributed by atoms with Gasteiger partial charge in [-0.2, -0.15) is 5.26 Å². The molecule has 142 valence electrons. The van der Waals surface area contributed by atoms with Gasteiger partial charge in [0.15, 0.2) is 5.82 Å². The molecular weight excluding hydrogens is 334 g/mol. The average Bonchev–Trinajstić information content (AvgIpc) is 2.58. The number of benzene rings is 1. The molecule has 0 unspecified atom stereocenters. The Morgan fingerprint density at radius 2 is 1.74 bits per heavy atom. The monoisotopic (exact) mass is 363 g/mol. The lowest BCUT2D eigenvalue weighted by molar-refractivity contribution is 0.160. The van der Waals surface area contributed by atoms with E-state index in [1.165, 1.54) is 0 Å². The number of aryl methyl sites for hydroxylation is 1. The van der Waals surface area contributed by atoms with Crippen LogP contribution >= 0.6 is 0 Å². The molecule has 0 amide bonds. The molecule has 1 fully saturated rings. The molecule has 5 nitrogen and oxygen atoms in total. The highest BCUT2D eigenvalue weighted by molar-refractivity contribution is 5.65. The zero-order chi connectivity index (χ0) is 19.8. The Kier molecular flexibility index (Phi) is 4.96. The van der Waals surface area contributed by atoms with E-state index in [9.17, 15) is 0 Å². The highest BCUT2D eigenvalue weighted by Gasteiger charge is 2.39. The minimum atomic E-state index is 0.0909. The van der Waals surface area contributed by atoms with Gasteiger partial charge in [-0.15, -0.1) is 10.2 Å². The Morgan fingerprint density at radius 1 is 1.07 bits per heavy atom. The Morgan fingerprint density at radius 3 is 2.26 bits per heavy atom. The lowest BCUT2D eigenvalue weighted by Gasteiger charge is -2.49. The van der Waals surface area contributed by atoms with Crippen molar-refractivity contribution in [2.24, 2.45) is 0 Å². The molecule has 1 aliphatic heterocycles. The van der Waals surface area contributed by atoms with Crippen LogP contribution in [0.3, 0.4) is 0 Å². The molecule has 3 rings (SSSR count). The number of hydrogen-bond acceptors (Lipinski definition) is 5. The van der Waals surface area contributed by atoms with Crippen molar-refractivity contribution in [2.75, 3.05) is 11.9 Å². The smallest absolute Gasteiger partial charge is 0.151 e. The van der Waals surface area contributed by atoms with Crippen LogP contribution in [0.4, 0.5) is 5.82 Å². The summed E-state index contributed by atoms with van der Waals surface area (Å²) < 4.78 is 0. The first-order valence-corrected chi connectivity index (χ1v) is 9.47. The first-order chi connectivity index (χ1) is 12.6. The van der Waals surface area contributed by atoms with Gasteiger partial charge in [-0.3, -0.25) is 0 Å². The van der Waals surface area contributed by atoms with Crippen molar-refractivity contribution >= 4 is 5.82 Å². The number of nitrogens with one attached hydrogen (secondary N) is 1. The van der Waals surface area contributed by atoms with E-state index in [4.69, 9.17) is 5.26 Å². The minimum Gasteiger partial charge on any atom is -0.355 e. The van der Waals surface area contributed by atoms with E-state index in [1.807, 2.05) is 37.3 Å². The zero-order valence-electron chi connectivity index (χ0n) is 17.2. The normalized spacial score (nSPS) is 18.7. The molecule has 2 aromatic rings. The minimum absolute atomic E-state index is 0.0909. The SMILES string of the molecule is Cc1cc(C#N)ccc1-c1ccc(N(C)C2CC(C)(C)NC(C)(C)C2)nn1. The number of rotatable bonds is 3. The molecular formula is C22H29N5. The Balaban J connectivity index is 1.82. The van der Waals surface area contributed by atoms with Crippen molar-refractivity contribution in [3.63, 3.8) is 0 Å². The summed E-state index contributed by atoms with van der Waals surface area (Å²) in [4.78, 5) is 2.26. The van der Waals surface area contributed by atoms with Gasteiger partial charge in [-0.1, -0.05) is 6.07 Å². The second-order valence-corrected chi connectivity index (χ2v) is 8.98. The summed E-state index contributed by atoms with van der Waals surface area (Å²) in [6.07, 6.45) is 2.12. The fourth-order valence-electron chi connectivity index (χ4n) is 4.41. The van der Waals surface area contributed by atoms with Crippen molar-refractivity contribution in [1.82, 2.24) is 15.5 Å². The summed E-state index contributed by atoms with van der Waals surface area (Å²) in [5.41, 5.74) is 3.73. The maximum absolute atomic E-state index is 9.03. The van der Waals surface area contributed by atoms with Crippen LogP contribution in [0, 0.1) is 18.3 Å². The maximum atomic E-state index is 9.03. The highest BCUT2D eigenvalue weighted by atomic mass is 15.3. The highest BCUT2D eigenvalue weighted by Crippen LogP contribution is 2.33. The second kappa shape index (κ2) is 6.94. The van der Waals surface area contributed by atoms with Crippen LogP contribution in [-0.2, 0) is 0 Å². The lowest BCUT2D eigenvalue weighted by atomic mass is 9.79. The molecule has 0 bridgehead atoms. The molecule has 2 heterocycles. The van der Waals surface area contributed by atoms with E-state index in [-0.39, 0.29) is 11.1 Å². The van der Waals surface area contributed by atoms with E-state index in [2.05, 4.69) is 61.2 Å². The van der Waals surface area contributed by atoms with Gasteiger partial charge in [0.05, 0.1) is 17.3 Å². The van der Waals surface area contributed by atoms with E-state index in [1.54, 1.807) is 0 Å². The number of nitrogens with zero attached hydrogens (tertiary/aromatic N) is 4. The summed E-state index contributed by atoms with van der Waals surface area (Å²) >= 11 is 0. The molecule has 0 radical (unpaired) electrons. The first-order valence-electron chi connectivity index (χ1n) is 9.47. The quantitative estimate of drug-likeness (QED) is 0.890. The number of hydrogen-bond donors (Lipinski definition) is 1. The van der Waals surface area contributed by atoms with Crippen LogP contribution in [0.2, 0.25) is 0 Å². The third kappa shape index (κ3) is 4.28. The fraction of sp³-hybridized carbons (Fsp3) is 0.500. The maximum Gasteiger partial charge on any atom is 0.151 e. The summed E-state index contributed by atoms with van der Waals surface area (Å²) in [6.45, 7) is 11.0. The molecule has 1 N–H and O–H groups in total. The van der Waals surface area contributed by atoms with Gasteiger partial charge in [0.25, 0.3) is 0 Å². The molecule has 0 saturated carbocycles. The molecule has 27 heavy (non-hydrogen) atoms. The van der Waals surface area contributed by atoms with Crippen molar-refractivity contribution in [1.29, 1.82) is 5.26 Å². The summed E-state index contributed by atoms with van der Waals surface area (Å²) in [5, 5.41) is 21.7. The first kappa shape index (κ1) is 19.3. The molecule has 0 atom stereocenters. The summed E-state index contributed by atoms with van der Waals surface area (Å²) in [5.74, 6) is 0.892. The topological polar surface area (TPSA) is 64.8 Å². The van der Waals surface area contributed by atoms with Gasteiger partial charge in [0.1, 0.15) is 0 Å². The van der Waals surface area contributed by atoms with Crippen LogP contribution < -0.4 is 10.2 Å². The predicted octanol–water partition coefficient (Wildman–Crippen LogP) is 4.07. The fourth-order valence-corrected chi connectivity index (χ4v) is 4.41. The molecule has 0 spiro atoms. The number of aromatic nitrogens is 2. The van der Waals surface area contributed by atoms with Crippen molar-refractivity contribution in [3.05, 3.63) is 41.5 Å². The third-order valence-corrected chi connectivity index (χ3v) is 5.36. The van der Waals surface area contributed by atoms with Crippen LogP contribution in [-0.4, -0.2) is 34.4 Å². The van der Waals surface area contributed by atoms with Gasteiger partial charge in [-0.25, -0.2) is 0 Å². The van der Waals surface area contributed by atoms with Crippen molar-refractivity contribution in [3.8, 4) is 17.3 Å². The van der Waals surface area contributed by atoms with E-state index < -0.39 is 0 Å². The van der Waals surface area contributed by atoms with E-state index in [0.29, 0.717) is 11.6 Å². The zero-order valence-corrected chi connectivity index (χ0v) is 17.2. The van der Waals surface area contributed by atoms with Gasteiger partial charge in [0.2, 0.25) is 0 Å².